The van der Waals surface area contributed by atoms with E-state index in [0.29, 0.717) is 37.1 Å². The van der Waals surface area contributed by atoms with E-state index in [1.165, 1.54) is 19.5 Å². The number of aromatic nitrogens is 3. The van der Waals surface area contributed by atoms with Gasteiger partial charge in [0.25, 0.3) is 11.8 Å². The van der Waals surface area contributed by atoms with Gasteiger partial charge in [0, 0.05) is 24.9 Å². The fourth-order valence-corrected chi connectivity index (χ4v) is 9.32. The first-order valence-electron chi connectivity index (χ1n) is 12.7. The number of pyridine rings is 1. The average Bonchev–Trinajstić information content (AvgIpc) is 3.76. The van der Waals surface area contributed by atoms with Crippen molar-refractivity contribution in [2.45, 2.75) is 92.0 Å². The van der Waals surface area contributed by atoms with Gasteiger partial charge in [-0.2, -0.15) is 14.3 Å². The lowest BCUT2D eigenvalue weighted by Crippen LogP contribution is -2.50. The van der Waals surface area contributed by atoms with E-state index < -0.39 is 19.9 Å². The Labute approximate surface area is 216 Å². The predicted octanol–water partition coefficient (Wildman–Crippen LogP) is 2.78. The summed E-state index contributed by atoms with van der Waals surface area (Å²) in [5, 5.41) is -0.512. The van der Waals surface area contributed by atoms with Crippen LogP contribution in [0.2, 0.25) is 0 Å². The zero-order valence-corrected chi connectivity index (χ0v) is 22.4. The van der Waals surface area contributed by atoms with E-state index in [0.717, 1.165) is 25.7 Å². The van der Waals surface area contributed by atoms with Gasteiger partial charge in [-0.15, -0.1) is 0 Å². The van der Waals surface area contributed by atoms with Crippen molar-refractivity contribution in [1.29, 1.82) is 0 Å². The van der Waals surface area contributed by atoms with Crippen molar-refractivity contribution >= 4 is 19.9 Å². The summed E-state index contributed by atoms with van der Waals surface area (Å²) in [5.74, 6) is 0.882. The Hall–Kier alpha value is -2.51. The predicted molar refractivity (Wildman–Crippen MR) is 132 cm³/mol. The van der Waals surface area contributed by atoms with Crippen LogP contribution in [0.3, 0.4) is 0 Å². The fourth-order valence-electron chi connectivity index (χ4n) is 5.41. The van der Waals surface area contributed by atoms with Crippen molar-refractivity contribution in [2.75, 3.05) is 7.11 Å². The first kappa shape index (κ1) is 24.8. The Bertz CT molecular complexity index is 1410. The van der Waals surface area contributed by atoms with E-state index in [1.54, 1.807) is 17.3 Å². The molecule has 2 aromatic heterocycles. The average molecular weight is 551 g/mol. The van der Waals surface area contributed by atoms with Crippen LogP contribution in [0.1, 0.15) is 57.1 Å². The molecule has 2 aliphatic heterocycles. The molecule has 13 heteroatoms. The van der Waals surface area contributed by atoms with Gasteiger partial charge in [-0.3, -0.25) is 0 Å². The Morgan fingerprint density at radius 3 is 2.14 bits per heavy atom. The first-order valence-corrected chi connectivity index (χ1v) is 15.7. The monoisotopic (exact) mass is 550 g/mol. The highest BCUT2D eigenvalue weighted by molar-refractivity contribution is 7.92. The maximum absolute atomic E-state index is 12.9. The molecule has 37 heavy (non-hydrogen) atoms. The fraction of sp³-hybridized carbons (Fsp3) is 0.625. The number of ether oxygens (including phenoxy) is 3. The molecule has 2 aliphatic carbocycles. The van der Waals surface area contributed by atoms with Gasteiger partial charge in [-0.1, -0.05) is 0 Å². The van der Waals surface area contributed by atoms with E-state index in [4.69, 9.17) is 14.2 Å². The molecule has 4 fully saturated rings. The van der Waals surface area contributed by atoms with Crippen molar-refractivity contribution in [3.05, 3.63) is 24.2 Å². The first-order chi connectivity index (χ1) is 17.7. The van der Waals surface area contributed by atoms with E-state index in [9.17, 15) is 16.8 Å². The summed E-state index contributed by atoms with van der Waals surface area (Å²) in [6.45, 7) is 1.67. The highest BCUT2D eigenvalue weighted by Crippen LogP contribution is 2.45. The minimum Gasteiger partial charge on any atom is -0.487 e. The Balaban J connectivity index is 1.19. The topological polar surface area (TPSA) is 138 Å². The molecule has 6 rings (SSSR count). The Morgan fingerprint density at radius 2 is 1.54 bits per heavy atom. The molecule has 0 N–H and O–H groups in total. The molecule has 2 saturated heterocycles. The van der Waals surface area contributed by atoms with Crippen LogP contribution >= 0.6 is 0 Å². The second-order valence-corrected chi connectivity index (χ2v) is 14.6. The number of aryl methyl sites for hydroxylation is 1. The largest absolute Gasteiger partial charge is 0.487 e. The van der Waals surface area contributed by atoms with Crippen LogP contribution in [0.4, 0.5) is 0 Å². The Kier molecular flexibility index (Phi) is 6.07. The third kappa shape index (κ3) is 4.54. The maximum Gasteiger partial charge on any atom is 0.269 e. The molecule has 4 aliphatic rings. The third-order valence-electron chi connectivity index (χ3n) is 7.56. The molecule has 2 atom stereocenters. The SMILES string of the molecule is COc1c(Oc2ccc(S(=O)(=O)C3CC3)nc2C)ncnc1OC1CC2CCC(C1)N2S(=O)(=O)C1CC1. The molecule has 4 heterocycles. The summed E-state index contributed by atoms with van der Waals surface area (Å²) in [6, 6.07) is 2.89. The number of hydrogen-bond donors (Lipinski definition) is 0. The molecule has 0 aromatic carbocycles. The summed E-state index contributed by atoms with van der Waals surface area (Å²) < 4.78 is 70.3. The second kappa shape index (κ2) is 9.05. The number of nitrogens with zero attached hydrogens (tertiary/aromatic N) is 4. The molecular formula is C24H30N4O7S2. The van der Waals surface area contributed by atoms with Gasteiger partial charge in [0.1, 0.15) is 12.4 Å². The molecule has 200 valence electrons. The van der Waals surface area contributed by atoms with Crippen LogP contribution in [0, 0.1) is 6.92 Å². The molecule has 11 nitrogen and oxygen atoms in total. The van der Waals surface area contributed by atoms with Crippen molar-refractivity contribution in [1.82, 2.24) is 19.3 Å². The van der Waals surface area contributed by atoms with Gasteiger partial charge in [0.2, 0.25) is 15.8 Å². The van der Waals surface area contributed by atoms with Crippen LogP contribution in [-0.4, -0.2) is 71.9 Å². The van der Waals surface area contributed by atoms with Gasteiger partial charge < -0.3 is 14.2 Å². The molecule has 2 unspecified atom stereocenters. The smallest absolute Gasteiger partial charge is 0.269 e. The number of fused-ring (bicyclic) bond motifs is 2. The standard InChI is InChI=1S/C24H30N4O7S2/c1-14-20(9-10-21(27-14)36(29,30)18-5-6-18)35-24-22(33-2)23(25-13-26-24)34-17-11-15-3-4-16(12-17)28(15)37(31,32)19-7-8-19/h9-10,13,15-19H,3-8,11-12H2,1-2H3. The van der Waals surface area contributed by atoms with Gasteiger partial charge in [-0.25, -0.2) is 21.8 Å². The molecule has 2 bridgehead atoms. The highest BCUT2D eigenvalue weighted by atomic mass is 32.2. The molecule has 0 amide bonds. The lowest BCUT2D eigenvalue weighted by atomic mass is 10.0. The molecule has 0 radical (unpaired) electrons. The summed E-state index contributed by atoms with van der Waals surface area (Å²) in [7, 11) is -5.18. The summed E-state index contributed by atoms with van der Waals surface area (Å²) in [5.41, 5.74) is 0.408. The zero-order chi connectivity index (χ0) is 25.9. The summed E-state index contributed by atoms with van der Waals surface area (Å²) in [4.78, 5) is 12.7. The van der Waals surface area contributed by atoms with Gasteiger partial charge in [-0.05, 0) is 57.6 Å². The van der Waals surface area contributed by atoms with E-state index >= 15 is 0 Å². The van der Waals surface area contributed by atoms with Crippen molar-refractivity contribution in [2.24, 2.45) is 0 Å². The number of sulfonamides is 1. The van der Waals surface area contributed by atoms with Crippen molar-refractivity contribution < 1.29 is 31.0 Å². The lowest BCUT2D eigenvalue weighted by Gasteiger charge is -2.37. The molecule has 2 aromatic rings. The number of methoxy groups -OCH3 is 1. The van der Waals surface area contributed by atoms with Crippen LogP contribution in [-0.2, 0) is 19.9 Å². The number of hydrogen-bond acceptors (Lipinski definition) is 10. The van der Waals surface area contributed by atoms with E-state index in [1.807, 2.05) is 0 Å². The second-order valence-electron chi connectivity index (χ2n) is 10.3. The van der Waals surface area contributed by atoms with Crippen LogP contribution in [0.15, 0.2) is 23.5 Å². The third-order valence-corrected chi connectivity index (χ3v) is 12.2. The quantitative estimate of drug-likeness (QED) is 0.458. The van der Waals surface area contributed by atoms with Gasteiger partial charge in [0.15, 0.2) is 20.6 Å². The number of piperidine rings is 1. The zero-order valence-electron chi connectivity index (χ0n) is 20.7. The molecular weight excluding hydrogens is 520 g/mol. The molecule has 0 spiro atoms. The van der Waals surface area contributed by atoms with E-state index in [-0.39, 0.29) is 51.2 Å². The lowest BCUT2D eigenvalue weighted by molar-refractivity contribution is 0.0881. The number of rotatable bonds is 9. The minimum absolute atomic E-state index is 0.0446. The van der Waals surface area contributed by atoms with Crippen molar-refractivity contribution in [3.8, 4) is 23.3 Å². The molecule has 2 saturated carbocycles. The van der Waals surface area contributed by atoms with E-state index in [2.05, 4.69) is 15.0 Å². The number of sulfone groups is 1. The van der Waals surface area contributed by atoms with Gasteiger partial charge in [0.05, 0.1) is 23.3 Å². The maximum atomic E-state index is 12.9. The van der Waals surface area contributed by atoms with Crippen LogP contribution in [0.5, 0.6) is 23.3 Å². The van der Waals surface area contributed by atoms with Crippen molar-refractivity contribution in [3.63, 3.8) is 0 Å². The Morgan fingerprint density at radius 1 is 0.892 bits per heavy atom. The van der Waals surface area contributed by atoms with Crippen LogP contribution in [0.25, 0.3) is 0 Å². The summed E-state index contributed by atoms with van der Waals surface area (Å²) >= 11 is 0. The van der Waals surface area contributed by atoms with Gasteiger partial charge >= 0.3 is 0 Å². The summed E-state index contributed by atoms with van der Waals surface area (Å²) in [6.07, 6.45) is 6.80. The highest BCUT2D eigenvalue weighted by Gasteiger charge is 2.52. The van der Waals surface area contributed by atoms with Crippen LogP contribution < -0.4 is 14.2 Å². The minimum atomic E-state index is -3.41. The normalized spacial score (nSPS) is 26.2.